The summed E-state index contributed by atoms with van der Waals surface area (Å²) in [5, 5.41) is 0. The number of rotatable bonds is 0. The molecule has 0 aliphatic heterocycles. The molecule has 18 heavy (non-hydrogen) atoms. The van der Waals surface area contributed by atoms with Crippen LogP contribution in [0.5, 0.6) is 0 Å². The van der Waals surface area contributed by atoms with E-state index in [1.54, 1.807) is 41.5 Å². The fourth-order valence-electron chi connectivity index (χ4n) is 1.19. The maximum Gasteiger partial charge on any atom is 0.431 e. The number of nitrogens with zero attached hydrogens (tertiary/aromatic N) is 2. The van der Waals surface area contributed by atoms with Crippen LogP contribution in [0.4, 0.5) is 0 Å². The molecular formula is C12H18N2O4. The van der Waals surface area contributed by atoms with Crippen LogP contribution in [-0.4, -0.2) is 15.5 Å². The predicted octanol–water partition coefficient (Wildman–Crippen LogP) is 1.18. The quantitative estimate of drug-likeness (QED) is 0.694. The zero-order valence-corrected chi connectivity index (χ0v) is 11.5. The van der Waals surface area contributed by atoms with E-state index in [2.05, 4.69) is 4.98 Å². The summed E-state index contributed by atoms with van der Waals surface area (Å²) >= 11 is 0. The van der Waals surface area contributed by atoms with Gasteiger partial charge >= 0.3 is 11.4 Å². The van der Waals surface area contributed by atoms with Crippen molar-refractivity contribution < 1.29 is 9.21 Å². The molecule has 0 radical (unpaired) electrons. The van der Waals surface area contributed by atoms with Crippen molar-refractivity contribution in [2.24, 2.45) is 5.41 Å². The molecule has 1 heterocycles. The van der Waals surface area contributed by atoms with Crippen molar-refractivity contribution in [3.05, 3.63) is 26.9 Å². The van der Waals surface area contributed by atoms with Crippen LogP contribution in [0.1, 0.15) is 52.2 Å². The SMILES string of the molecule is CC(C)(C)C(=O)n1c(=O)nc(C(C)(C)C)oc1=O. The second kappa shape index (κ2) is 4.19. The Labute approximate surface area is 105 Å². The van der Waals surface area contributed by atoms with Crippen molar-refractivity contribution in [2.45, 2.75) is 47.0 Å². The molecule has 0 N–H and O–H groups in total. The summed E-state index contributed by atoms with van der Waals surface area (Å²) in [6.07, 6.45) is 0. The average Bonchev–Trinajstić information content (AvgIpc) is 2.13. The first-order valence-corrected chi connectivity index (χ1v) is 5.64. The largest absolute Gasteiger partial charge is 0.431 e. The Balaban J connectivity index is 3.50. The molecule has 0 atom stereocenters. The van der Waals surface area contributed by atoms with Crippen molar-refractivity contribution in [1.29, 1.82) is 0 Å². The van der Waals surface area contributed by atoms with Crippen molar-refractivity contribution >= 4 is 5.91 Å². The van der Waals surface area contributed by atoms with E-state index in [0.29, 0.717) is 4.57 Å². The molecule has 0 aliphatic rings. The van der Waals surface area contributed by atoms with Crippen molar-refractivity contribution in [1.82, 2.24) is 9.55 Å². The molecular weight excluding hydrogens is 236 g/mol. The van der Waals surface area contributed by atoms with Crippen LogP contribution in [-0.2, 0) is 5.41 Å². The van der Waals surface area contributed by atoms with E-state index in [4.69, 9.17) is 4.42 Å². The Morgan fingerprint density at radius 2 is 1.61 bits per heavy atom. The molecule has 0 bridgehead atoms. The number of hydrogen-bond acceptors (Lipinski definition) is 5. The minimum atomic E-state index is -0.986. The van der Waals surface area contributed by atoms with Crippen LogP contribution in [0.3, 0.4) is 0 Å². The second-order valence-corrected chi connectivity index (χ2v) is 6.21. The monoisotopic (exact) mass is 254 g/mol. The van der Waals surface area contributed by atoms with Gasteiger partial charge in [0.25, 0.3) is 0 Å². The van der Waals surface area contributed by atoms with E-state index in [1.165, 1.54) is 0 Å². The summed E-state index contributed by atoms with van der Waals surface area (Å²) in [5.41, 5.74) is -2.32. The van der Waals surface area contributed by atoms with Gasteiger partial charge in [0.15, 0.2) is 0 Å². The summed E-state index contributed by atoms with van der Waals surface area (Å²) in [6.45, 7) is 10.1. The Hall–Kier alpha value is -1.72. The third-order valence-corrected chi connectivity index (χ3v) is 2.24. The van der Waals surface area contributed by atoms with Crippen LogP contribution in [0.25, 0.3) is 0 Å². The summed E-state index contributed by atoms with van der Waals surface area (Å²) in [7, 11) is 0. The third kappa shape index (κ3) is 2.75. The standard InChI is InChI=1S/C12H18N2O4/c1-11(2,3)7-13-9(16)14(10(17)18-7)8(15)12(4,5)6/h1-6H3. The van der Waals surface area contributed by atoms with Gasteiger partial charge in [-0.1, -0.05) is 41.5 Å². The first-order chi connectivity index (χ1) is 7.94. The Morgan fingerprint density at radius 1 is 1.11 bits per heavy atom. The molecule has 0 fully saturated rings. The van der Waals surface area contributed by atoms with E-state index >= 15 is 0 Å². The molecule has 0 saturated carbocycles. The normalized spacial score (nSPS) is 12.6. The lowest BCUT2D eigenvalue weighted by Gasteiger charge is -2.18. The van der Waals surface area contributed by atoms with Gasteiger partial charge in [-0.25, -0.2) is 9.59 Å². The molecule has 0 saturated heterocycles. The predicted molar refractivity (Wildman–Crippen MR) is 65.8 cm³/mol. The molecule has 100 valence electrons. The number of carbonyl (C=O) groups excluding carboxylic acids is 1. The molecule has 1 aromatic heterocycles. The molecule has 6 heteroatoms. The highest BCUT2D eigenvalue weighted by Crippen LogP contribution is 2.18. The molecule has 1 aromatic rings. The van der Waals surface area contributed by atoms with Gasteiger partial charge in [-0.3, -0.25) is 4.79 Å². The smallest absolute Gasteiger partial charge is 0.394 e. The first-order valence-electron chi connectivity index (χ1n) is 5.64. The maximum absolute atomic E-state index is 11.9. The Kier molecular flexibility index (Phi) is 3.34. The van der Waals surface area contributed by atoms with Crippen LogP contribution in [0, 0.1) is 5.41 Å². The summed E-state index contributed by atoms with van der Waals surface area (Å²) in [6, 6.07) is 0. The van der Waals surface area contributed by atoms with Crippen molar-refractivity contribution in [2.75, 3.05) is 0 Å². The minimum absolute atomic E-state index is 0.0236. The number of carbonyl (C=O) groups is 1. The van der Waals surface area contributed by atoms with E-state index in [0.717, 1.165) is 0 Å². The first kappa shape index (κ1) is 14.3. The maximum atomic E-state index is 11.9. The van der Waals surface area contributed by atoms with E-state index in [1.807, 2.05) is 0 Å². The minimum Gasteiger partial charge on any atom is -0.394 e. The molecule has 0 aliphatic carbocycles. The molecule has 0 amide bonds. The Morgan fingerprint density at radius 3 is 1.94 bits per heavy atom. The van der Waals surface area contributed by atoms with Gasteiger partial charge in [-0.2, -0.15) is 9.55 Å². The number of hydrogen-bond donors (Lipinski definition) is 0. The lowest BCUT2D eigenvalue weighted by Crippen LogP contribution is -2.45. The fourth-order valence-corrected chi connectivity index (χ4v) is 1.19. The third-order valence-electron chi connectivity index (χ3n) is 2.24. The highest BCUT2D eigenvalue weighted by molar-refractivity contribution is 5.83. The second-order valence-electron chi connectivity index (χ2n) is 6.21. The van der Waals surface area contributed by atoms with Gasteiger partial charge in [0.2, 0.25) is 11.8 Å². The fraction of sp³-hybridized carbons (Fsp3) is 0.667. The van der Waals surface area contributed by atoms with Crippen LogP contribution in [0.2, 0.25) is 0 Å². The molecule has 0 unspecified atom stereocenters. The van der Waals surface area contributed by atoms with Crippen LogP contribution >= 0.6 is 0 Å². The lowest BCUT2D eigenvalue weighted by molar-refractivity contribution is 0.0736. The zero-order chi connectivity index (χ0) is 14.3. The topological polar surface area (TPSA) is 82.2 Å². The Bertz CT molecular complexity index is 551. The molecule has 1 rings (SSSR count). The average molecular weight is 254 g/mol. The molecule has 0 spiro atoms. The van der Waals surface area contributed by atoms with Gasteiger partial charge in [0.05, 0.1) is 0 Å². The number of aromatic nitrogens is 2. The zero-order valence-electron chi connectivity index (χ0n) is 11.5. The van der Waals surface area contributed by atoms with Gasteiger partial charge in [-0.15, -0.1) is 0 Å². The van der Waals surface area contributed by atoms with Crippen molar-refractivity contribution in [3.8, 4) is 0 Å². The molecule has 0 aromatic carbocycles. The summed E-state index contributed by atoms with van der Waals surface area (Å²) in [4.78, 5) is 39.1. The van der Waals surface area contributed by atoms with Crippen LogP contribution in [0.15, 0.2) is 14.0 Å². The van der Waals surface area contributed by atoms with Gasteiger partial charge in [-0.05, 0) is 0 Å². The lowest BCUT2D eigenvalue weighted by atomic mass is 9.95. The summed E-state index contributed by atoms with van der Waals surface area (Å²) < 4.78 is 5.39. The highest BCUT2D eigenvalue weighted by Gasteiger charge is 2.29. The van der Waals surface area contributed by atoms with Gasteiger partial charge in [0, 0.05) is 10.8 Å². The van der Waals surface area contributed by atoms with Crippen LogP contribution < -0.4 is 11.4 Å². The van der Waals surface area contributed by atoms with E-state index in [-0.39, 0.29) is 5.89 Å². The molecule has 6 nitrogen and oxygen atoms in total. The summed E-state index contributed by atoms with van der Waals surface area (Å²) in [5.74, 6) is -1.59. The van der Waals surface area contributed by atoms with Gasteiger partial charge in [0.1, 0.15) is 0 Å². The van der Waals surface area contributed by atoms with Gasteiger partial charge < -0.3 is 4.42 Å². The van der Waals surface area contributed by atoms with Crippen molar-refractivity contribution in [3.63, 3.8) is 0 Å². The van der Waals surface area contributed by atoms with E-state index < -0.39 is 28.2 Å². The highest BCUT2D eigenvalue weighted by atomic mass is 16.4. The van der Waals surface area contributed by atoms with E-state index in [9.17, 15) is 14.4 Å².